The molecule has 1 N–H and O–H groups in total. The quantitative estimate of drug-likeness (QED) is 0.374. The van der Waals surface area contributed by atoms with E-state index in [0.717, 1.165) is 40.9 Å². The van der Waals surface area contributed by atoms with Crippen LogP contribution in [0, 0.1) is 26.7 Å². The lowest BCUT2D eigenvalue weighted by atomic mass is 10.0. The number of nitrogens with one attached hydrogen (secondary N) is 1. The lowest BCUT2D eigenvalue weighted by molar-refractivity contribution is -0.144. The third kappa shape index (κ3) is 6.01. The van der Waals surface area contributed by atoms with Crippen LogP contribution in [0.4, 0.5) is 0 Å². The van der Waals surface area contributed by atoms with Crippen LogP contribution < -0.4 is 5.32 Å². The van der Waals surface area contributed by atoms with E-state index < -0.39 is 5.97 Å². The summed E-state index contributed by atoms with van der Waals surface area (Å²) in [6, 6.07) is 18.2. The summed E-state index contributed by atoms with van der Waals surface area (Å²) in [5.74, 6) is -0.395. The lowest BCUT2D eigenvalue weighted by Gasteiger charge is -2.18. The molecule has 6 nitrogen and oxygen atoms in total. The fourth-order valence-electron chi connectivity index (χ4n) is 4.09. The molecule has 176 valence electrons. The first-order valence-corrected chi connectivity index (χ1v) is 11.7. The standard InChI is InChI=1S/C28H31N3O3/c1-19-9-11-22(12-10-19)17-31-21(3)25(20(2)30-31)15-16-27(33)34-18-26(32)29-28(24-13-14-24)23-7-5-4-6-8-23/h4-12,15-16,24,28H,13-14,17-18H2,1-3H3,(H,29,32)/b16-15+. The zero-order valence-electron chi connectivity index (χ0n) is 20.0. The number of esters is 1. The minimum atomic E-state index is -0.553. The summed E-state index contributed by atoms with van der Waals surface area (Å²) >= 11 is 0. The normalized spacial score (nSPS) is 14.2. The van der Waals surface area contributed by atoms with Gasteiger partial charge in [-0.25, -0.2) is 4.79 Å². The molecule has 1 aliphatic carbocycles. The molecule has 0 aliphatic heterocycles. The van der Waals surface area contributed by atoms with E-state index in [0.29, 0.717) is 12.5 Å². The Bertz CT molecular complexity index is 1180. The largest absolute Gasteiger partial charge is 0.452 e. The summed E-state index contributed by atoms with van der Waals surface area (Å²) in [5.41, 5.74) is 6.15. The van der Waals surface area contributed by atoms with Gasteiger partial charge in [0.25, 0.3) is 5.91 Å². The van der Waals surface area contributed by atoms with Crippen LogP contribution in [0.15, 0.2) is 60.7 Å². The first-order valence-electron chi connectivity index (χ1n) is 11.7. The Morgan fingerprint density at radius 2 is 1.79 bits per heavy atom. The molecule has 2 aromatic carbocycles. The summed E-state index contributed by atoms with van der Waals surface area (Å²) in [5, 5.41) is 7.63. The van der Waals surface area contributed by atoms with Crippen LogP contribution in [0.5, 0.6) is 0 Å². The van der Waals surface area contributed by atoms with Gasteiger partial charge in [-0.05, 0) is 56.7 Å². The molecular weight excluding hydrogens is 426 g/mol. The topological polar surface area (TPSA) is 73.2 Å². The van der Waals surface area contributed by atoms with Crippen molar-refractivity contribution in [2.45, 2.75) is 46.2 Å². The second kappa shape index (κ2) is 10.5. The number of nitrogens with zero attached hydrogens (tertiary/aromatic N) is 2. The molecule has 4 rings (SSSR count). The molecule has 34 heavy (non-hydrogen) atoms. The smallest absolute Gasteiger partial charge is 0.331 e. The van der Waals surface area contributed by atoms with Crippen LogP contribution in [-0.4, -0.2) is 28.3 Å². The SMILES string of the molecule is Cc1ccc(Cn2nc(C)c(/C=C/C(=O)OCC(=O)NC(c3ccccc3)C3CC3)c2C)cc1. The number of amides is 1. The molecule has 1 fully saturated rings. The van der Waals surface area contributed by atoms with Gasteiger partial charge in [0.2, 0.25) is 0 Å². The fourth-order valence-corrected chi connectivity index (χ4v) is 4.09. The van der Waals surface area contributed by atoms with Crippen LogP contribution in [0.25, 0.3) is 6.08 Å². The van der Waals surface area contributed by atoms with Gasteiger partial charge in [-0.2, -0.15) is 5.10 Å². The molecule has 0 spiro atoms. The van der Waals surface area contributed by atoms with Crippen molar-refractivity contribution >= 4 is 18.0 Å². The Balaban J connectivity index is 1.32. The molecule has 1 atom stereocenters. The van der Waals surface area contributed by atoms with Gasteiger partial charge >= 0.3 is 5.97 Å². The predicted molar refractivity (Wildman–Crippen MR) is 132 cm³/mol. The second-order valence-electron chi connectivity index (χ2n) is 8.96. The van der Waals surface area contributed by atoms with Crippen LogP contribution in [0.2, 0.25) is 0 Å². The monoisotopic (exact) mass is 457 g/mol. The maximum absolute atomic E-state index is 12.4. The molecule has 1 heterocycles. The minimum Gasteiger partial charge on any atom is -0.452 e. The predicted octanol–water partition coefficient (Wildman–Crippen LogP) is 4.68. The Labute approximate surface area is 200 Å². The zero-order chi connectivity index (χ0) is 24.1. The summed E-state index contributed by atoms with van der Waals surface area (Å²) in [4.78, 5) is 24.7. The van der Waals surface area contributed by atoms with Gasteiger partial charge in [-0.15, -0.1) is 0 Å². The van der Waals surface area contributed by atoms with E-state index in [1.807, 2.05) is 48.9 Å². The van der Waals surface area contributed by atoms with Crippen molar-refractivity contribution in [3.63, 3.8) is 0 Å². The first-order chi connectivity index (χ1) is 16.4. The molecule has 1 unspecified atom stereocenters. The third-order valence-electron chi connectivity index (χ3n) is 6.19. The van der Waals surface area contributed by atoms with E-state index in [-0.39, 0.29) is 18.6 Å². The molecule has 0 saturated heterocycles. The summed E-state index contributed by atoms with van der Waals surface area (Å²) < 4.78 is 7.12. The van der Waals surface area contributed by atoms with Gasteiger partial charge in [0.1, 0.15) is 0 Å². The maximum atomic E-state index is 12.4. The van der Waals surface area contributed by atoms with Gasteiger partial charge in [-0.1, -0.05) is 60.2 Å². The van der Waals surface area contributed by atoms with Crippen molar-refractivity contribution in [2.75, 3.05) is 6.61 Å². The molecular formula is C28H31N3O3. The van der Waals surface area contributed by atoms with E-state index in [9.17, 15) is 9.59 Å². The highest BCUT2D eigenvalue weighted by atomic mass is 16.5. The number of carbonyl (C=O) groups excluding carboxylic acids is 2. The van der Waals surface area contributed by atoms with Crippen LogP contribution in [-0.2, 0) is 20.9 Å². The minimum absolute atomic E-state index is 0.0346. The molecule has 6 heteroatoms. The van der Waals surface area contributed by atoms with Crippen molar-refractivity contribution in [1.29, 1.82) is 0 Å². The number of aromatic nitrogens is 2. The fraction of sp³-hybridized carbons (Fsp3) is 0.321. The summed E-state index contributed by atoms with van der Waals surface area (Å²) in [6.45, 7) is 6.32. The average molecular weight is 458 g/mol. The van der Waals surface area contributed by atoms with Crippen molar-refractivity contribution in [2.24, 2.45) is 5.92 Å². The lowest BCUT2D eigenvalue weighted by Crippen LogP contribution is -2.33. The Kier molecular flexibility index (Phi) is 7.26. The van der Waals surface area contributed by atoms with Gasteiger partial charge < -0.3 is 10.1 Å². The third-order valence-corrected chi connectivity index (χ3v) is 6.19. The second-order valence-corrected chi connectivity index (χ2v) is 8.96. The van der Waals surface area contributed by atoms with Gasteiger partial charge in [0, 0.05) is 17.3 Å². The van der Waals surface area contributed by atoms with Crippen LogP contribution in [0.3, 0.4) is 0 Å². The number of hydrogen-bond donors (Lipinski definition) is 1. The van der Waals surface area contributed by atoms with E-state index in [2.05, 4.69) is 41.6 Å². The van der Waals surface area contributed by atoms with Gasteiger partial charge in [0.15, 0.2) is 6.61 Å². The van der Waals surface area contributed by atoms with Gasteiger partial charge in [0.05, 0.1) is 18.3 Å². The number of rotatable bonds is 9. The molecule has 1 saturated carbocycles. The highest BCUT2D eigenvalue weighted by Gasteiger charge is 2.33. The van der Waals surface area contributed by atoms with E-state index in [4.69, 9.17) is 4.74 Å². The number of ether oxygens (including phenoxy) is 1. The van der Waals surface area contributed by atoms with Crippen LogP contribution >= 0.6 is 0 Å². The number of hydrogen-bond acceptors (Lipinski definition) is 4. The van der Waals surface area contributed by atoms with Crippen molar-refractivity contribution in [3.8, 4) is 0 Å². The molecule has 3 aromatic rings. The molecule has 1 amide bonds. The number of aryl methyl sites for hydroxylation is 2. The highest BCUT2D eigenvalue weighted by molar-refractivity contribution is 5.89. The van der Waals surface area contributed by atoms with Crippen molar-refractivity contribution in [3.05, 3.63) is 94.3 Å². The Hall–Kier alpha value is -3.67. The van der Waals surface area contributed by atoms with Crippen molar-refractivity contribution in [1.82, 2.24) is 15.1 Å². The van der Waals surface area contributed by atoms with Gasteiger partial charge in [-0.3, -0.25) is 9.48 Å². The average Bonchev–Trinajstić information content (AvgIpc) is 3.64. The van der Waals surface area contributed by atoms with Crippen LogP contribution in [0.1, 0.15) is 52.5 Å². The van der Waals surface area contributed by atoms with Crippen molar-refractivity contribution < 1.29 is 14.3 Å². The zero-order valence-corrected chi connectivity index (χ0v) is 20.0. The molecule has 0 radical (unpaired) electrons. The van der Waals surface area contributed by atoms with E-state index in [1.54, 1.807) is 6.08 Å². The Morgan fingerprint density at radius 3 is 2.47 bits per heavy atom. The summed E-state index contributed by atoms with van der Waals surface area (Å²) in [7, 11) is 0. The number of carbonyl (C=O) groups is 2. The van der Waals surface area contributed by atoms with E-state index >= 15 is 0 Å². The molecule has 1 aliphatic rings. The summed E-state index contributed by atoms with van der Waals surface area (Å²) in [6.07, 6.45) is 5.26. The van der Waals surface area contributed by atoms with E-state index in [1.165, 1.54) is 11.6 Å². The maximum Gasteiger partial charge on any atom is 0.331 e. The molecule has 1 aromatic heterocycles. The Morgan fingerprint density at radius 1 is 1.09 bits per heavy atom. The molecule has 0 bridgehead atoms. The number of benzene rings is 2. The highest BCUT2D eigenvalue weighted by Crippen LogP contribution is 2.40. The first kappa shape index (κ1) is 23.5.